The van der Waals surface area contributed by atoms with Gasteiger partial charge in [0, 0.05) is 16.3 Å². The second-order valence-corrected chi connectivity index (χ2v) is 7.01. The summed E-state index contributed by atoms with van der Waals surface area (Å²) < 4.78 is 0. The topological polar surface area (TPSA) is 50.7 Å². The summed E-state index contributed by atoms with van der Waals surface area (Å²) in [5.74, 6) is 0.964. The molecule has 4 heteroatoms. The predicted molar refractivity (Wildman–Crippen MR) is 107 cm³/mol. The molecule has 0 saturated carbocycles. The highest BCUT2D eigenvalue weighted by Gasteiger charge is 2.02. The largest absolute Gasteiger partial charge is 0.399 e. The third kappa shape index (κ3) is 4.70. The minimum atomic E-state index is 0.788. The van der Waals surface area contributed by atoms with Gasteiger partial charge in [-0.15, -0.1) is 11.8 Å². The fraction of sp³-hybridized carbons (Fsp3) is 0.143. The molecule has 126 valence electrons. The van der Waals surface area contributed by atoms with Crippen LogP contribution in [0.4, 0.5) is 17.1 Å². The van der Waals surface area contributed by atoms with Gasteiger partial charge in [0.15, 0.2) is 0 Å². The van der Waals surface area contributed by atoms with E-state index in [1.165, 1.54) is 10.5 Å². The van der Waals surface area contributed by atoms with E-state index < -0.39 is 0 Å². The molecular formula is C21H21N3S. The van der Waals surface area contributed by atoms with E-state index in [1.807, 2.05) is 55.9 Å². The first kappa shape index (κ1) is 17.2. The minimum Gasteiger partial charge on any atom is -0.399 e. The summed E-state index contributed by atoms with van der Waals surface area (Å²) in [7, 11) is 0. The van der Waals surface area contributed by atoms with Crippen molar-refractivity contribution in [1.82, 2.24) is 0 Å². The van der Waals surface area contributed by atoms with Gasteiger partial charge in [-0.05, 0) is 66.9 Å². The zero-order valence-corrected chi connectivity index (χ0v) is 15.3. The van der Waals surface area contributed by atoms with Gasteiger partial charge in [0.25, 0.3) is 0 Å². The van der Waals surface area contributed by atoms with E-state index in [1.54, 1.807) is 0 Å². The van der Waals surface area contributed by atoms with Gasteiger partial charge < -0.3 is 5.73 Å². The van der Waals surface area contributed by atoms with Crippen LogP contribution in [-0.2, 0) is 5.75 Å². The highest BCUT2D eigenvalue weighted by atomic mass is 32.2. The Morgan fingerprint density at radius 3 is 2.28 bits per heavy atom. The number of thioether (sulfide) groups is 1. The SMILES string of the molecule is Cc1cc(N=Nc2ccc(SCc3ccccc3)cc2)c(C)cc1N. The van der Waals surface area contributed by atoms with Gasteiger partial charge in [0.2, 0.25) is 0 Å². The van der Waals surface area contributed by atoms with Crippen molar-refractivity contribution < 1.29 is 0 Å². The maximum Gasteiger partial charge on any atom is 0.0890 e. The summed E-state index contributed by atoms with van der Waals surface area (Å²) in [6, 6.07) is 22.5. The van der Waals surface area contributed by atoms with Crippen molar-refractivity contribution in [2.75, 3.05) is 5.73 Å². The third-order valence-corrected chi connectivity index (χ3v) is 5.03. The van der Waals surface area contributed by atoms with Crippen molar-refractivity contribution in [2.45, 2.75) is 24.5 Å². The average molecular weight is 347 g/mol. The number of hydrogen-bond donors (Lipinski definition) is 1. The van der Waals surface area contributed by atoms with E-state index in [2.05, 4.69) is 46.6 Å². The fourth-order valence-corrected chi connectivity index (χ4v) is 3.25. The molecule has 0 aliphatic rings. The fourth-order valence-electron chi connectivity index (χ4n) is 2.39. The van der Waals surface area contributed by atoms with E-state index in [0.29, 0.717) is 0 Å². The monoisotopic (exact) mass is 347 g/mol. The Kier molecular flexibility index (Phi) is 5.51. The van der Waals surface area contributed by atoms with Crippen molar-refractivity contribution >= 4 is 28.8 Å². The Bertz CT molecular complexity index is 872. The van der Waals surface area contributed by atoms with E-state index in [4.69, 9.17) is 5.73 Å². The lowest BCUT2D eigenvalue weighted by Crippen LogP contribution is -1.89. The van der Waals surface area contributed by atoms with Crippen LogP contribution in [0.25, 0.3) is 0 Å². The van der Waals surface area contributed by atoms with Crippen molar-refractivity contribution in [3.63, 3.8) is 0 Å². The van der Waals surface area contributed by atoms with Gasteiger partial charge in [-0.1, -0.05) is 30.3 Å². The molecule has 0 spiro atoms. The standard InChI is InChI=1S/C21H21N3S/c1-15-13-21(16(2)12-20(15)22)24-23-18-8-10-19(11-9-18)25-14-17-6-4-3-5-7-17/h3-13H,14,22H2,1-2H3. The third-order valence-electron chi connectivity index (χ3n) is 3.94. The van der Waals surface area contributed by atoms with Crippen LogP contribution in [-0.4, -0.2) is 0 Å². The Morgan fingerprint density at radius 1 is 0.840 bits per heavy atom. The molecule has 0 radical (unpaired) electrons. The maximum atomic E-state index is 5.91. The molecular weight excluding hydrogens is 326 g/mol. The van der Waals surface area contributed by atoms with Crippen molar-refractivity contribution in [3.8, 4) is 0 Å². The summed E-state index contributed by atoms with van der Waals surface area (Å²) in [4.78, 5) is 1.22. The number of nitrogens with zero attached hydrogens (tertiary/aromatic N) is 2. The number of rotatable bonds is 5. The second-order valence-electron chi connectivity index (χ2n) is 5.96. The minimum absolute atomic E-state index is 0.788. The number of anilines is 1. The van der Waals surface area contributed by atoms with E-state index in [0.717, 1.165) is 33.9 Å². The maximum absolute atomic E-state index is 5.91. The molecule has 0 fully saturated rings. The Morgan fingerprint density at radius 2 is 1.56 bits per heavy atom. The lowest BCUT2D eigenvalue weighted by atomic mass is 10.1. The summed E-state index contributed by atoms with van der Waals surface area (Å²) in [6.07, 6.45) is 0. The molecule has 25 heavy (non-hydrogen) atoms. The number of nitrogen functional groups attached to an aromatic ring is 1. The van der Waals surface area contributed by atoms with Crippen LogP contribution in [0.3, 0.4) is 0 Å². The van der Waals surface area contributed by atoms with Crippen LogP contribution in [0.2, 0.25) is 0 Å². The molecule has 0 aliphatic carbocycles. The smallest absolute Gasteiger partial charge is 0.0890 e. The van der Waals surface area contributed by atoms with Gasteiger partial charge in [-0.2, -0.15) is 10.2 Å². The predicted octanol–water partition coefficient (Wildman–Crippen LogP) is 6.59. The number of azo groups is 1. The average Bonchev–Trinajstić information content (AvgIpc) is 2.64. The van der Waals surface area contributed by atoms with Crippen molar-refractivity contribution in [1.29, 1.82) is 0 Å². The normalized spacial score (nSPS) is 11.1. The van der Waals surface area contributed by atoms with E-state index in [9.17, 15) is 0 Å². The lowest BCUT2D eigenvalue weighted by Gasteiger charge is -2.05. The zero-order valence-electron chi connectivity index (χ0n) is 14.4. The lowest BCUT2D eigenvalue weighted by molar-refractivity contribution is 1.20. The number of aryl methyl sites for hydroxylation is 2. The molecule has 2 N–H and O–H groups in total. The van der Waals surface area contributed by atoms with E-state index >= 15 is 0 Å². The molecule has 0 amide bonds. The zero-order chi connectivity index (χ0) is 17.6. The van der Waals surface area contributed by atoms with Crippen LogP contribution >= 0.6 is 11.8 Å². The Hall–Kier alpha value is -2.59. The first-order valence-electron chi connectivity index (χ1n) is 8.17. The van der Waals surface area contributed by atoms with Gasteiger partial charge in [-0.25, -0.2) is 0 Å². The Labute approximate surface area is 153 Å². The molecule has 0 bridgehead atoms. The van der Waals surface area contributed by atoms with Crippen LogP contribution in [0.1, 0.15) is 16.7 Å². The van der Waals surface area contributed by atoms with Gasteiger partial charge in [-0.3, -0.25) is 0 Å². The van der Waals surface area contributed by atoms with Crippen LogP contribution in [0.15, 0.2) is 81.9 Å². The molecule has 3 nitrogen and oxygen atoms in total. The summed E-state index contributed by atoms with van der Waals surface area (Å²) in [5, 5.41) is 8.71. The molecule has 0 heterocycles. The molecule has 0 atom stereocenters. The molecule has 3 rings (SSSR count). The number of benzene rings is 3. The number of hydrogen-bond acceptors (Lipinski definition) is 4. The first-order valence-corrected chi connectivity index (χ1v) is 9.15. The van der Waals surface area contributed by atoms with Gasteiger partial charge in [0.1, 0.15) is 0 Å². The summed E-state index contributed by atoms with van der Waals surface area (Å²) in [5.41, 5.74) is 11.8. The second kappa shape index (κ2) is 7.99. The molecule has 0 saturated heterocycles. The molecule has 0 aliphatic heterocycles. The molecule has 3 aromatic carbocycles. The highest BCUT2D eigenvalue weighted by molar-refractivity contribution is 7.98. The molecule has 0 aromatic heterocycles. The Balaban J connectivity index is 1.65. The van der Waals surface area contributed by atoms with Crippen LogP contribution in [0.5, 0.6) is 0 Å². The van der Waals surface area contributed by atoms with Crippen LogP contribution < -0.4 is 5.73 Å². The summed E-state index contributed by atoms with van der Waals surface area (Å²) >= 11 is 1.82. The van der Waals surface area contributed by atoms with Gasteiger partial charge in [0.05, 0.1) is 11.4 Å². The first-order chi connectivity index (χ1) is 12.1. The quantitative estimate of drug-likeness (QED) is 0.321. The molecule has 0 unspecified atom stereocenters. The highest BCUT2D eigenvalue weighted by Crippen LogP contribution is 2.28. The van der Waals surface area contributed by atoms with E-state index in [-0.39, 0.29) is 0 Å². The number of nitrogens with two attached hydrogens (primary N) is 1. The van der Waals surface area contributed by atoms with Crippen LogP contribution in [0, 0.1) is 13.8 Å². The summed E-state index contributed by atoms with van der Waals surface area (Å²) in [6.45, 7) is 3.97. The van der Waals surface area contributed by atoms with Crippen molar-refractivity contribution in [2.24, 2.45) is 10.2 Å². The van der Waals surface area contributed by atoms with Crippen molar-refractivity contribution in [3.05, 3.63) is 83.4 Å². The molecule has 3 aromatic rings. The van der Waals surface area contributed by atoms with Gasteiger partial charge >= 0.3 is 0 Å².